The maximum absolute atomic E-state index is 5.98. The summed E-state index contributed by atoms with van der Waals surface area (Å²) >= 11 is 0. The number of nitrogens with two attached hydrogens (primary N) is 1. The van der Waals surface area contributed by atoms with Crippen molar-refractivity contribution in [1.29, 1.82) is 0 Å². The molecule has 110 valence electrons. The number of rotatable bonds is 3. The van der Waals surface area contributed by atoms with E-state index in [4.69, 9.17) is 5.73 Å². The number of hydrogen-bond acceptors (Lipinski definition) is 1. The number of benzene rings is 1. The molecule has 0 aromatic heterocycles. The molecule has 0 heterocycles. The third-order valence-corrected chi connectivity index (χ3v) is 4.49. The summed E-state index contributed by atoms with van der Waals surface area (Å²) in [5.74, 6) is 0.719. The highest BCUT2D eigenvalue weighted by atomic mass is 14.5. The molecule has 2 N–H and O–H groups in total. The largest absolute Gasteiger partial charge is 0.327 e. The van der Waals surface area contributed by atoms with Gasteiger partial charge in [-0.25, -0.2) is 0 Å². The summed E-state index contributed by atoms with van der Waals surface area (Å²) in [5.41, 5.74) is 10.3. The van der Waals surface area contributed by atoms with Gasteiger partial charge in [-0.2, -0.15) is 0 Å². The van der Waals surface area contributed by atoms with Crippen LogP contribution in [0.5, 0.6) is 0 Å². The summed E-state index contributed by atoms with van der Waals surface area (Å²) in [5, 5.41) is 0. The standard InChI is InChI=1S/C19H29N/c1-19(2,3)18-11-9-15(10-12-18)13-17(14-20)16-7-5-4-6-8-16/h9-13,16H,4-8,14,20H2,1-3H3/b17-13-. The molecule has 0 atom stereocenters. The Bertz CT molecular complexity index is 442. The van der Waals surface area contributed by atoms with Gasteiger partial charge in [0.25, 0.3) is 0 Å². The lowest BCUT2D eigenvalue weighted by Gasteiger charge is -2.24. The first kappa shape index (κ1) is 15.3. The first-order valence-electron chi connectivity index (χ1n) is 8.02. The summed E-state index contributed by atoms with van der Waals surface area (Å²) in [6, 6.07) is 8.97. The zero-order valence-electron chi connectivity index (χ0n) is 13.3. The van der Waals surface area contributed by atoms with Crippen molar-refractivity contribution in [3.05, 3.63) is 41.0 Å². The third-order valence-electron chi connectivity index (χ3n) is 4.49. The molecule has 1 nitrogen and oxygen atoms in total. The van der Waals surface area contributed by atoms with Crippen LogP contribution in [0.4, 0.5) is 0 Å². The van der Waals surface area contributed by atoms with Crippen molar-refractivity contribution in [3.63, 3.8) is 0 Å². The van der Waals surface area contributed by atoms with Crippen LogP contribution >= 0.6 is 0 Å². The van der Waals surface area contributed by atoms with Gasteiger partial charge >= 0.3 is 0 Å². The summed E-state index contributed by atoms with van der Waals surface area (Å²) in [7, 11) is 0. The van der Waals surface area contributed by atoms with Gasteiger partial charge in [-0.15, -0.1) is 0 Å². The quantitative estimate of drug-likeness (QED) is 0.830. The van der Waals surface area contributed by atoms with E-state index in [0.717, 1.165) is 5.92 Å². The predicted molar refractivity (Wildman–Crippen MR) is 88.7 cm³/mol. The minimum atomic E-state index is 0.225. The van der Waals surface area contributed by atoms with E-state index in [1.165, 1.54) is 48.8 Å². The van der Waals surface area contributed by atoms with Gasteiger partial charge in [0.05, 0.1) is 0 Å². The lowest BCUT2D eigenvalue weighted by Crippen LogP contribution is -2.16. The highest BCUT2D eigenvalue weighted by molar-refractivity contribution is 5.54. The van der Waals surface area contributed by atoms with Gasteiger partial charge in [-0.1, -0.05) is 75.9 Å². The summed E-state index contributed by atoms with van der Waals surface area (Å²) < 4.78 is 0. The van der Waals surface area contributed by atoms with Crippen LogP contribution in [-0.4, -0.2) is 6.54 Å². The molecule has 1 aliphatic carbocycles. The van der Waals surface area contributed by atoms with Crippen molar-refractivity contribution in [3.8, 4) is 0 Å². The van der Waals surface area contributed by atoms with E-state index < -0.39 is 0 Å². The molecule has 0 spiro atoms. The molecule has 1 heteroatoms. The summed E-state index contributed by atoms with van der Waals surface area (Å²) in [6.07, 6.45) is 9.10. The Morgan fingerprint density at radius 2 is 1.70 bits per heavy atom. The average Bonchev–Trinajstić information content (AvgIpc) is 2.45. The molecular formula is C19H29N. The SMILES string of the molecule is CC(C)(C)c1ccc(/C=C(/CN)C2CCCCC2)cc1. The minimum Gasteiger partial charge on any atom is -0.327 e. The smallest absolute Gasteiger partial charge is 0.0142 e. The lowest BCUT2D eigenvalue weighted by atomic mass is 9.82. The average molecular weight is 271 g/mol. The monoisotopic (exact) mass is 271 g/mol. The minimum absolute atomic E-state index is 0.225. The molecule has 0 unspecified atom stereocenters. The van der Waals surface area contributed by atoms with Crippen LogP contribution < -0.4 is 5.73 Å². The molecule has 0 bridgehead atoms. The maximum atomic E-state index is 5.98. The fourth-order valence-electron chi connectivity index (χ4n) is 3.11. The molecule has 1 aromatic rings. The molecule has 0 radical (unpaired) electrons. The van der Waals surface area contributed by atoms with Gasteiger partial charge in [0.2, 0.25) is 0 Å². The number of hydrogen-bond donors (Lipinski definition) is 1. The molecule has 1 aromatic carbocycles. The molecule has 2 rings (SSSR count). The second-order valence-electron chi connectivity index (χ2n) is 7.13. The lowest BCUT2D eigenvalue weighted by molar-refractivity contribution is 0.401. The third kappa shape index (κ3) is 3.96. The van der Waals surface area contributed by atoms with Gasteiger partial charge in [0.1, 0.15) is 0 Å². The van der Waals surface area contributed by atoms with E-state index in [0.29, 0.717) is 6.54 Å². The molecule has 20 heavy (non-hydrogen) atoms. The fraction of sp³-hybridized carbons (Fsp3) is 0.579. The van der Waals surface area contributed by atoms with Gasteiger partial charge in [-0.3, -0.25) is 0 Å². The fourth-order valence-corrected chi connectivity index (χ4v) is 3.11. The van der Waals surface area contributed by atoms with Crippen LogP contribution in [0.1, 0.15) is 64.0 Å². The second-order valence-corrected chi connectivity index (χ2v) is 7.13. The van der Waals surface area contributed by atoms with Crippen LogP contribution in [0.3, 0.4) is 0 Å². The molecule has 1 fully saturated rings. The molecular weight excluding hydrogens is 242 g/mol. The van der Waals surface area contributed by atoms with Gasteiger partial charge < -0.3 is 5.73 Å². The first-order chi connectivity index (χ1) is 9.50. The zero-order valence-corrected chi connectivity index (χ0v) is 13.3. The highest BCUT2D eigenvalue weighted by Gasteiger charge is 2.17. The van der Waals surface area contributed by atoms with E-state index >= 15 is 0 Å². The highest BCUT2D eigenvalue weighted by Crippen LogP contribution is 2.30. The van der Waals surface area contributed by atoms with E-state index in [2.05, 4.69) is 51.1 Å². The Balaban J connectivity index is 2.15. The first-order valence-corrected chi connectivity index (χ1v) is 8.02. The molecule has 0 saturated heterocycles. The van der Waals surface area contributed by atoms with Crippen LogP contribution in [0, 0.1) is 5.92 Å². The van der Waals surface area contributed by atoms with E-state index in [-0.39, 0.29) is 5.41 Å². The summed E-state index contributed by atoms with van der Waals surface area (Å²) in [4.78, 5) is 0. The Labute approximate surface area is 124 Å². The van der Waals surface area contributed by atoms with Gasteiger partial charge in [0, 0.05) is 6.54 Å². The Morgan fingerprint density at radius 1 is 1.10 bits per heavy atom. The van der Waals surface area contributed by atoms with E-state index in [9.17, 15) is 0 Å². The van der Waals surface area contributed by atoms with Crippen molar-refractivity contribution in [2.45, 2.75) is 58.3 Å². The Kier molecular flexibility index (Phi) is 5.04. The normalized spacial score (nSPS) is 18.3. The molecule has 0 amide bonds. The Hall–Kier alpha value is -1.08. The Morgan fingerprint density at radius 3 is 2.20 bits per heavy atom. The van der Waals surface area contributed by atoms with E-state index in [1.807, 2.05) is 0 Å². The van der Waals surface area contributed by atoms with Crippen molar-refractivity contribution in [1.82, 2.24) is 0 Å². The van der Waals surface area contributed by atoms with Crippen molar-refractivity contribution in [2.75, 3.05) is 6.54 Å². The van der Waals surface area contributed by atoms with Crippen LogP contribution in [0.2, 0.25) is 0 Å². The maximum Gasteiger partial charge on any atom is 0.0142 e. The zero-order chi connectivity index (χ0) is 14.6. The topological polar surface area (TPSA) is 26.0 Å². The predicted octanol–water partition coefficient (Wildman–Crippen LogP) is 4.91. The second kappa shape index (κ2) is 6.58. The van der Waals surface area contributed by atoms with Crippen molar-refractivity contribution in [2.24, 2.45) is 11.7 Å². The molecule has 1 aliphatic rings. The molecule has 0 aliphatic heterocycles. The van der Waals surface area contributed by atoms with Crippen LogP contribution in [0.25, 0.3) is 6.08 Å². The van der Waals surface area contributed by atoms with Gasteiger partial charge in [0.15, 0.2) is 0 Å². The summed E-state index contributed by atoms with van der Waals surface area (Å²) in [6.45, 7) is 7.47. The van der Waals surface area contributed by atoms with Crippen molar-refractivity contribution < 1.29 is 0 Å². The van der Waals surface area contributed by atoms with E-state index in [1.54, 1.807) is 0 Å². The van der Waals surface area contributed by atoms with Crippen LogP contribution in [0.15, 0.2) is 29.8 Å². The molecule has 1 saturated carbocycles. The van der Waals surface area contributed by atoms with Gasteiger partial charge in [-0.05, 0) is 35.3 Å². The van der Waals surface area contributed by atoms with Crippen LogP contribution in [-0.2, 0) is 5.41 Å². The van der Waals surface area contributed by atoms with Crippen molar-refractivity contribution >= 4 is 6.08 Å².